The van der Waals surface area contributed by atoms with Crippen molar-refractivity contribution < 1.29 is 23.7 Å². The maximum absolute atomic E-state index is 12.2. The highest BCUT2D eigenvalue weighted by Gasteiger charge is 2.24. The number of nitrogens with zero attached hydrogens (tertiary/aromatic N) is 1. The SMILES string of the molecule is CCOc1cc(C=C2N=C(c3cccc(OC)c3)OC2=O)cc(Br)c1OC. The van der Waals surface area contributed by atoms with Gasteiger partial charge < -0.3 is 18.9 Å². The van der Waals surface area contributed by atoms with E-state index in [0.29, 0.717) is 33.9 Å². The van der Waals surface area contributed by atoms with Crippen molar-refractivity contribution in [2.24, 2.45) is 4.99 Å². The predicted molar refractivity (Wildman–Crippen MR) is 105 cm³/mol. The Hall–Kier alpha value is -2.80. The molecule has 0 fully saturated rings. The Labute approximate surface area is 165 Å². The van der Waals surface area contributed by atoms with Gasteiger partial charge in [-0.2, -0.15) is 0 Å². The summed E-state index contributed by atoms with van der Waals surface area (Å²) in [6.45, 7) is 2.38. The quantitative estimate of drug-likeness (QED) is 0.506. The lowest BCUT2D eigenvalue weighted by Crippen LogP contribution is -2.05. The lowest BCUT2D eigenvalue weighted by atomic mass is 10.1. The molecule has 0 radical (unpaired) electrons. The number of esters is 1. The van der Waals surface area contributed by atoms with Crippen molar-refractivity contribution in [1.82, 2.24) is 0 Å². The number of benzene rings is 2. The number of methoxy groups -OCH3 is 2. The van der Waals surface area contributed by atoms with Crippen LogP contribution in [0.5, 0.6) is 17.2 Å². The minimum atomic E-state index is -0.516. The molecule has 0 saturated heterocycles. The molecule has 0 saturated carbocycles. The van der Waals surface area contributed by atoms with Crippen molar-refractivity contribution >= 4 is 33.9 Å². The molecule has 7 heteroatoms. The second-order valence-electron chi connectivity index (χ2n) is 5.54. The predicted octanol–water partition coefficient (Wildman–Crippen LogP) is 4.21. The van der Waals surface area contributed by atoms with Crippen molar-refractivity contribution in [1.29, 1.82) is 0 Å². The molecule has 1 aliphatic rings. The van der Waals surface area contributed by atoms with Gasteiger partial charge in [-0.3, -0.25) is 0 Å². The van der Waals surface area contributed by atoms with E-state index in [4.69, 9.17) is 18.9 Å². The molecule has 0 amide bonds. The molecule has 140 valence electrons. The molecule has 0 aromatic heterocycles. The third kappa shape index (κ3) is 4.14. The zero-order valence-electron chi connectivity index (χ0n) is 15.1. The Bertz CT molecular complexity index is 936. The fourth-order valence-electron chi connectivity index (χ4n) is 2.58. The number of carbonyl (C=O) groups excluding carboxylic acids is 1. The summed E-state index contributed by atoms with van der Waals surface area (Å²) in [5, 5.41) is 0. The Kier molecular flexibility index (Phi) is 5.81. The average molecular weight is 432 g/mol. The molecule has 0 atom stereocenters. The average Bonchev–Trinajstić information content (AvgIpc) is 3.02. The number of halogens is 1. The lowest BCUT2D eigenvalue weighted by Gasteiger charge is -2.12. The summed E-state index contributed by atoms with van der Waals surface area (Å²) in [7, 11) is 3.14. The lowest BCUT2D eigenvalue weighted by molar-refractivity contribution is -0.129. The largest absolute Gasteiger partial charge is 0.497 e. The van der Waals surface area contributed by atoms with E-state index in [1.165, 1.54) is 0 Å². The number of carbonyl (C=O) groups is 1. The molecule has 6 nitrogen and oxygen atoms in total. The number of hydrogen-bond donors (Lipinski definition) is 0. The van der Waals surface area contributed by atoms with Crippen LogP contribution >= 0.6 is 15.9 Å². The van der Waals surface area contributed by atoms with Gasteiger partial charge in [0.15, 0.2) is 17.2 Å². The molecule has 0 spiro atoms. The van der Waals surface area contributed by atoms with E-state index >= 15 is 0 Å². The maximum atomic E-state index is 12.2. The topological polar surface area (TPSA) is 66.3 Å². The number of rotatable bonds is 6. The van der Waals surface area contributed by atoms with E-state index in [0.717, 1.165) is 5.56 Å². The monoisotopic (exact) mass is 431 g/mol. The van der Waals surface area contributed by atoms with Gasteiger partial charge >= 0.3 is 5.97 Å². The van der Waals surface area contributed by atoms with Gasteiger partial charge in [0.05, 0.1) is 25.3 Å². The van der Waals surface area contributed by atoms with Crippen LogP contribution in [0.1, 0.15) is 18.1 Å². The Morgan fingerprint density at radius 3 is 2.70 bits per heavy atom. The van der Waals surface area contributed by atoms with Crippen molar-refractivity contribution in [3.05, 3.63) is 57.7 Å². The molecule has 0 aliphatic carbocycles. The minimum Gasteiger partial charge on any atom is -0.497 e. The number of aliphatic imine (C=N–C) groups is 1. The maximum Gasteiger partial charge on any atom is 0.363 e. The first kappa shape index (κ1) is 19.0. The summed E-state index contributed by atoms with van der Waals surface area (Å²) in [6, 6.07) is 10.8. The molecule has 0 N–H and O–H groups in total. The summed E-state index contributed by atoms with van der Waals surface area (Å²) in [6.07, 6.45) is 1.64. The summed E-state index contributed by atoms with van der Waals surface area (Å²) in [4.78, 5) is 16.6. The molecular weight excluding hydrogens is 414 g/mol. The van der Waals surface area contributed by atoms with Crippen LogP contribution in [-0.2, 0) is 9.53 Å². The van der Waals surface area contributed by atoms with Gasteiger partial charge in [0.25, 0.3) is 0 Å². The zero-order chi connectivity index (χ0) is 19.4. The van der Waals surface area contributed by atoms with Crippen LogP contribution in [0.15, 0.2) is 51.6 Å². The van der Waals surface area contributed by atoms with Gasteiger partial charge in [-0.15, -0.1) is 0 Å². The highest BCUT2D eigenvalue weighted by atomic mass is 79.9. The van der Waals surface area contributed by atoms with E-state index in [2.05, 4.69) is 20.9 Å². The van der Waals surface area contributed by atoms with Gasteiger partial charge in [0.1, 0.15) is 5.75 Å². The summed E-state index contributed by atoms with van der Waals surface area (Å²) in [5.41, 5.74) is 1.60. The normalized spacial score (nSPS) is 14.7. The number of ether oxygens (including phenoxy) is 4. The fraction of sp³-hybridized carbons (Fsp3) is 0.200. The van der Waals surface area contributed by atoms with Gasteiger partial charge in [0.2, 0.25) is 5.90 Å². The smallest absolute Gasteiger partial charge is 0.363 e. The third-order valence-electron chi connectivity index (χ3n) is 3.78. The van der Waals surface area contributed by atoms with Crippen LogP contribution in [0, 0.1) is 0 Å². The van der Waals surface area contributed by atoms with Crippen LogP contribution in [0.25, 0.3) is 6.08 Å². The molecule has 0 unspecified atom stereocenters. The van der Waals surface area contributed by atoms with Crippen molar-refractivity contribution in [2.75, 3.05) is 20.8 Å². The zero-order valence-corrected chi connectivity index (χ0v) is 16.7. The molecule has 1 aliphatic heterocycles. The second-order valence-corrected chi connectivity index (χ2v) is 6.39. The van der Waals surface area contributed by atoms with E-state index < -0.39 is 5.97 Å². The highest BCUT2D eigenvalue weighted by molar-refractivity contribution is 9.10. The van der Waals surface area contributed by atoms with Crippen LogP contribution in [0.2, 0.25) is 0 Å². The molecule has 27 heavy (non-hydrogen) atoms. The summed E-state index contributed by atoms with van der Waals surface area (Å²) < 4.78 is 22.2. The van der Waals surface area contributed by atoms with Gasteiger partial charge in [-0.25, -0.2) is 9.79 Å². The third-order valence-corrected chi connectivity index (χ3v) is 4.37. The van der Waals surface area contributed by atoms with E-state index in [1.807, 2.05) is 19.1 Å². The molecule has 0 bridgehead atoms. The first-order valence-electron chi connectivity index (χ1n) is 8.23. The molecule has 2 aromatic rings. The molecule has 2 aromatic carbocycles. The van der Waals surface area contributed by atoms with Crippen molar-refractivity contribution in [3.8, 4) is 17.2 Å². The Balaban J connectivity index is 1.97. The van der Waals surface area contributed by atoms with Crippen molar-refractivity contribution in [2.45, 2.75) is 6.92 Å². The number of cyclic esters (lactones) is 1. The van der Waals surface area contributed by atoms with Crippen LogP contribution in [0.4, 0.5) is 0 Å². The number of hydrogen-bond acceptors (Lipinski definition) is 6. The highest BCUT2D eigenvalue weighted by Crippen LogP contribution is 2.37. The minimum absolute atomic E-state index is 0.201. The summed E-state index contributed by atoms with van der Waals surface area (Å²) in [5.74, 6) is 1.54. The van der Waals surface area contributed by atoms with E-state index in [-0.39, 0.29) is 11.6 Å². The molecule has 3 rings (SSSR count). The standard InChI is InChI=1S/C20H18BrNO5/c1-4-26-17-10-12(8-15(21)18(17)25-3)9-16-20(23)27-19(22-16)13-6-5-7-14(11-13)24-2/h5-11H,4H2,1-3H3. The first-order valence-corrected chi connectivity index (χ1v) is 9.02. The fourth-order valence-corrected chi connectivity index (χ4v) is 3.20. The van der Waals surface area contributed by atoms with Crippen molar-refractivity contribution in [3.63, 3.8) is 0 Å². The Morgan fingerprint density at radius 1 is 1.19 bits per heavy atom. The second kappa shape index (κ2) is 8.26. The van der Waals surface area contributed by atoms with Gasteiger partial charge in [-0.1, -0.05) is 6.07 Å². The van der Waals surface area contributed by atoms with E-state index in [1.54, 1.807) is 44.6 Å². The Morgan fingerprint density at radius 2 is 2.00 bits per heavy atom. The molecule has 1 heterocycles. The first-order chi connectivity index (χ1) is 13.0. The van der Waals surface area contributed by atoms with Gasteiger partial charge in [-0.05, 0) is 64.8 Å². The van der Waals surface area contributed by atoms with Gasteiger partial charge in [0, 0.05) is 5.56 Å². The van der Waals surface area contributed by atoms with Crippen LogP contribution in [0.3, 0.4) is 0 Å². The molecular formula is C20H18BrNO5. The van der Waals surface area contributed by atoms with Crippen LogP contribution in [-0.4, -0.2) is 32.7 Å². The summed E-state index contributed by atoms with van der Waals surface area (Å²) >= 11 is 3.46. The van der Waals surface area contributed by atoms with Crippen LogP contribution < -0.4 is 14.2 Å². The van der Waals surface area contributed by atoms with E-state index in [9.17, 15) is 4.79 Å².